The molecule has 0 radical (unpaired) electrons. The van der Waals surface area contributed by atoms with Crippen LogP contribution in [-0.4, -0.2) is 36.7 Å². The summed E-state index contributed by atoms with van der Waals surface area (Å²) in [5.41, 5.74) is 1.94. The number of nitrogens with one attached hydrogen (secondary N) is 2. The number of carbonyl (C=O) groups excluding carboxylic acids is 1. The van der Waals surface area contributed by atoms with Crippen LogP contribution in [0.4, 0.5) is 5.13 Å². The van der Waals surface area contributed by atoms with Crippen molar-refractivity contribution in [3.63, 3.8) is 0 Å². The molecule has 0 atom stereocenters. The molecule has 5 aromatic rings. The Hall–Kier alpha value is -3.41. The van der Waals surface area contributed by atoms with Gasteiger partial charge in [-0.2, -0.15) is 8.42 Å². The minimum atomic E-state index is -3.88. The third-order valence-electron chi connectivity index (χ3n) is 5.09. The van der Waals surface area contributed by atoms with Gasteiger partial charge in [-0.15, -0.1) is 3.97 Å². The monoisotopic (exact) mass is 525 g/mol. The molecule has 0 aliphatic carbocycles. The van der Waals surface area contributed by atoms with E-state index >= 15 is 0 Å². The number of carbonyl (C=O) groups is 1. The third kappa shape index (κ3) is 4.75. The molecule has 0 saturated heterocycles. The van der Waals surface area contributed by atoms with Crippen molar-refractivity contribution in [2.75, 3.05) is 17.7 Å². The van der Waals surface area contributed by atoms with Gasteiger partial charge in [0.15, 0.2) is 16.2 Å². The Morgan fingerprint density at radius 1 is 1.11 bits per heavy atom. The molecule has 0 aliphatic rings. The maximum Gasteiger partial charge on any atom is 0.336 e. The van der Waals surface area contributed by atoms with Crippen molar-refractivity contribution >= 4 is 65.4 Å². The second-order valence-electron chi connectivity index (χ2n) is 7.45. The number of imidazole rings is 1. The van der Waals surface area contributed by atoms with Crippen molar-refractivity contribution in [2.24, 2.45) is 0 Å². The number of rotatable bonds is 8. The number of H-pyrrole nitrogens is 1. The van der Waals surface area contributed by atoms with Crippen LogP contribution in [0.2, 0.25) is 0 Å². The molecule has 8 nitrogen and oxygen atoms in total. The molecule has 0 spiro atoms. The number of benzene rings is 3. The van der Waals surface area contributed by atoms with Gasteiger partial charge in [0.05, 0.1) is 22.6 Å². The van der Waals surface area contributed by atoms with Crippen molar-refractivity contribution in [1.29, 1.82) is 0 Å². The van der Waals surface area contributed by atoms with Crippen molar-refractivity contribution < 1.29 is 21.9 Å². The standard InChI is InChI=1S/C24H20N4O4S3/c1-2-32-16-12-13-19-21(14-16)34-23(25-19)27-22(29)15-33-24-26-18-10-6-7-11-20(18)28(24)35(30,31)17-8-4-3-5-9-17/h3-14H,2,15H2,1H3,(H,25,27,29)/p+1. The third-order valence-corrected chi connectivity index (χ3v) is 8.83. The summed E-state index contributed by atoms with van der Waals surface area (Å²) in [4.78, 5) is 20.5. The minimum Gasteiger partial charge on any atom is -0.494 e. The van der Waals surface area contributed by atoms with Crippen LogP contribution in [0.1, 0.15) is 6.92 Å². The van der Waals surface area contributed by atoms with Gasteiger partial charge < -0.3 is 10.1 Å². The molecule has 178 valence electrons. The van der Waals surface area contributed by atoms with Crippen LogP contribution >= 0.6 is 23.1 Å². The second-order valence-corrected chi connectivity index (χ2v) is 11.2. The van der Waals surface area contributed by atoms with Gasteiger partial charge in [0.2, 0.25) is 5.91 Å². The van der Waals surface area contributed by atoms with Gasteiger partial charge >= 0.3 is 15.2 Å². The largest absolute Gasteiger partial charge is 0.494 e. The number of para-hydroxylation sites is 2. The summed E-state index contributed by atoms with van der Waals surface area (Å²) in [7, 11) is -3.88. The predicted molar refractivity (Wildman–Crippen MR) is 138 cm³/mol. The second kappa shape index (κ2) is 9.68. The normalized spacial score (nSPS) is 11.7. The maximum atomic E-state index is 13.4. The lowest BCUT2D eigenvalue weighted by molar-refractivity contribution is -0.526. The molecule has 2 heterocycles. The van der Waals surface area contributed by atoms with E-state index in [0.717, 1.165) is 27.7 Å². The van der Waals surface area contributed by atoms with Crippen molar-refractivity contribution in [1.82, 2.24) is 9.97 Å². The molecule has 11 heteroatoms. The molecule has 3 aromatic carbocycles. The molecule has 0 fully saturated rings. The zero-order chi connectivity index (χ0) is 24.4. The highest BCUT2D eigenvalue weighted by molar-refractivity contribution is 8.00. The topological polar surface area (TPSA) is 105 Å². The van der Waals surface area contributed by atoms with Crippen LogP contribution in [-0.2, 0) is 14.8 Å². The number of hydrogen-bond acceptors (Lipinski definition) is 7. The fraction of sp³-hybridized carbons (Fsp3) is 0.125. The predicted octanol–water partition coefficient (Wildman–Crippen LogP) is 4.43. The first kappa shape index (κ1) is 23.3. The quantitative estimate of drug-likeness (QED) is 0.229. The zero-order valence-corrected chi connectivity index (χ0v) is 21.0. The molecular formula is C24H21N4O4S3+. The Labute approximate surface area is 210 Å². The molecule has 1 amide bonds. The first-order valence-corrected chi connectivity index (χ1v) is 14.0. The molecule has 0 unspecified atom stereocenters. The summed E-state index contributed by atoms with van der Waals surface area (Å²) < 4.78 is 34.6. The van der Waals surface area contributed by atoms with E-state index in [4.69, 9.17) is 4.74 Å². The smallest absolute Gasteiger partial charge is 0.336 e. The van der Waals surface area contributed by atoms with E-state index in [-0.39, 0.29) is 16.6 Å². The molecule has 2 aromatic heterocycles. The fourth-order valence-corrected chi connectivity index (χ4v) is 7.06. The average Bonchev–Trinajstić information content (AvgIpc) is 3.44. The Balaban J connectivity index is 1.38. The molecule has 2 N–H and O–H groups in total. The van der Waals surface area contributed by atoms with Gasteiger partial charge in [0.25, 0.3) is 0 Å². The number of anilines is 1. The molecule has 5 rings (SSSR count). The van der Waals surface area contributed by atoms with Crippen molar-refractivity contribution in [3.8, 4) is 5.75 Å². The van der Waals surface area contributed by atoms with E-state index in [0.29, 0.717) is 27.9 Å². The maximum absolute atomic E-state index is 13.4. The van der Waals surface area contributed by atoms with Crippen LogP contribution < -0.4 is 14.0 Å². The Morgan fingerprint density at radius 2 is 1.89 bits per heavy atom. The molecule has 35 heavy (non-hydrogen) atoms. The summed E-state index contributed by atoms with van der Waals surface area (Å²) in [6.07, 6.45) is 0. The van der Waals surface area contributed by atoms with Crippen LogP contribution in [0.5, 0.6) is 5.75 Å². The van der Waals surface area contributed by atoms with E-state index < -0.39 is 10.0 Å². The number of aromatic amines is 1. The number of amides is 1. The van der Waals surface area contributed by atoms with Gasteiger partial charge in [-0.3, -0.25) is 4.79 Å². The van der Waals surface area contributed by atoms with Gasteiger partial charge in [0.1, 0.15) is 10.6 Å². The lowest BCUT2D eigenvalue weighted by Crippen LogP contribution is -2.44. The lowest BCUT2D eigenvalue weighted by atomic mass is 10.3. The van der Waals surface area contributed by atoms with E-state index in [1.54, 1.807) is 48.5 Å². The zero-order valence-electron chi connectivity index (χ0n) is 18.6. The first-order valence-electron chi connectivity index (χ1n) is 10.7. The number of ether oxygens (including phenoxy) is 1. The lowest BCUT2D eigenvalue weighted by Gasteiger charge is -2.04. The van der Waals surface area contributed by atoms with Crippen LogP contribution in [0.25, 0.3) is 21.3 Å². The van der Waals surface area contributed by atoms with Crippen LogP contribution in [0.15, 0.2) is 82.8 Å². The summed E-state index contributed by atoms with van der Waals surface area (Å²) in [5.74, 6) is 0.457. The summed E-state index contributed by atoms with van der Waals surface area (Å²) in [6.45, 7) is 2.49. The van der Waals surface area contributed by atoms with Crippen LogP contribution in [0, 0.1) is 0 Å². The number of thioether (sulfide) groups is 1. The average molecular weight is 526 g/mol. The van der Waals surface area contributed by atoms with Gasteiger partial charge in [-0.05, 0) is 61.2 Å². The number of hydrogen-bond donors (Lipinski definition) is 2. The number of thiazole rings is 1. The van der Waals surface area contributed by atoms with Gasteiger partial charge in [0, 0.05) is 0 Å². The number of aromatic nitrogens is 3. The highest BCUT2D eigenvalue weighted by Gasteiger charge is 2.32. The number of fused-ring (bicyclic) bond motifs is 2. The van der Waals surface area contributed by atoms with Crippen LogP contribution in [0.3, 0.4) is 0 Å². The summed E-state index contributed by atoms with van der Waals surface area (Å²) in [6, 6.07) is 20.9. The van der Waals surface area contributed by atoms with E-state index in [9.17, 15) is 13.2 Å². The SMILES string of the molecule is CCOc1ccc2nc(NC(=O)CSc3[nH]c4ccccc4[n+]3S(=O)(=O)c3ccccc3)sc2c1. The van der Waals surface area contributed by atoms with E-state index in [1.807, 2.05) is 31.2 Å². The van der Waals surface area contributed by atoms with E-state index in [1.165, 1.54) is 15.3 Å². The summed E-state index contributed by atoms with van der Waals surface area (Å²) >= 11 is 2.47. The van der Waals surface area contributed by atoms with Gasteiger partial charge in [-0.1, -0.05) is 41.7 Å². The molecule has 0 saturated carbocycles. The molecular weight excluding hydrogens is 504 g/mol. The highest BCUT2D eigenvalue weighted by Crippen LogP contribution is 2.29. The fourth-order valence-electron chi connectivity index (χ4n) is 3.57. The first-order chi connectivity index (χ1) is 17.0. The van der Waals surface area contributed by atoms with E-state index in [2.05, 4.69) is 15.3 Å². The Morgan fingerprint density at radius 3 is 2.69 bits per heavy atom. The molecule has 0 bridgehead atoms. The van der Waals surface area contributed by atoms with Crippen molar-refractivity contribution in [2.45, 2.75) is 17.0 Å². The summed E-state index contributed by atoms with van der Waals surface area (Å²) in [5, 5.41) is 3.63. The highest BCUT2D eigenvalue weighted by atomic mass is 32.2. The molecule has 0 aliphatic heterocycles. The van der Waals surface area contributed by atoms with Crippen molar-refractivity contribution in [3.05, 3.63) is 72.8 Å². The minimum absolute atomic E-state index is 0.00273. The number of nitrogens with zero attached hydrogens (tertiary/aromatic N) is 2. The Kier molecular flexibility index (Phi) is 6.46. The Bertz CT molecular complexity index is 1630. The van der Waals surface area contributed by atoms with Gasteiger partial charge in [-0.25, -0.2) is 9.97 Å².